The molecule has 84 valence electrons. The monoisotopic (exact) mass is 210 g/mol. The Morgan fingerprint density at radius 1 is 1.73 bits per heavy atom. The molecule has 15 heavy (non-hydrogen) atoms. The lowest BCUT2D eigenvalue weighted by molar-refractivity contribution is 0.255. The first-order valence-corrected chi connectivity index (χ1v) is 5.58. The molecule has 0 aromatic carbocycles. The minimum atomic E-state index is 0.0442. The fourth-order valence-corrected chi connectivity index (χ4v) is 1.88. The second-order valence-corrected chi connectivity index (χ2v) is 4.24. The number of aromatic nitrogens is 1. The SMILES string of the molecule is CC(CO)c1cnc(CC2CCCN2)o1. The van der Waals surface area contributed by atoms with Gasteiger partial charge < -0.3 is 14.8 Å². The van der Waals surface area contributed by atoms with Crippen LogP contribution in [0.1, 0.15) is 37.3 Å². The predicted molar refractivity (Wildman–Crippen MR) is 56.7 cm³/mol. The maximum Gasteiger partial charge on any atom is 0.195 e. The maximum absolute atomic E-state index is 8.98. The van der Waals surface area contributed by atoms with E-state index >= 15 is 0 Å². The third-order valence-electron chi connectivity index (χ3n) is 2.91. The molecule has 0 aliphatic carbocycles. The van der Waals surface area contributed by atoms with Crippen molar-refractivity contribution in [3.8, 4) is 0 Å². The lowest BCUT2D eigenvalue weighted by Crippen LogP contribution is -2.23. The zero-order valence-corrected chi connectivity index (χ0v) is 9.07. The number of aliphatic hydroxyl groups excluding tert-OH is 1. The first-order valence-electron chi connectivity index (χ1n) is 5.58. The second kappa shape index (κ2) is 4.77. The summed E-state index contributed by atoms with van der Waals surface area (Å²) in [7, 11) is 0. The topological polar surface area (TPSA) is 58.3 Å². The van der Waals surface area contributed by atoms with Gasteiger partial charge in [0.15, 0.2) is 5.89 Å². The van der Waals surface area contributed by atoms with E-state index in [1.54, 1.807) is 6.20 Å². The van der Waals surface area contributed by atoms with E-state index in [1.807, 2.05) is 6.92 Å². The Bertz CT molecular complexity index is 305. The molecule has 2 N–H and O–H groups in total. The van der Waals surface area contributed by atoms with E-state index in [1.165, 1.54) is 12.8 Å². The fraction of sp³-hybridized carbons (Fsp3) is 0.727. The Kier molecular flexibility index (Phi) is 3.38. The van der Waals surface area contributed by atoms with Crippen LogP contribution in [-0.4, -0.2) is 29.3 Å². The normalized spacial score (nSPS) is 23.2. The van der Waals surface area contributed by atoms with E-state index in [2.05, 4.69) is 10.3 Å². The molecule has 1 aliphatic rings. The number of hydrogen-bond donors (Lipinski definition) is 2. The van der Waals surface area contributed by atoms with Crippen molar-refractivity contribution in [3.63, 3.8) is 0 Å². The molecule has 1 aliphatic heterocycles. The molecule has 1 aromatic rings. The molecule has 4 nitrogen and oxygen atoms in total. The lowest BCUT2D eigenvalue weighted by Gasteiger charge is -2.06. The van der Waals surface area contributed by atoms with E-state index in [4.69, 9.17) is 9.52 Å². The summed E-state index contributed by atoms with van der Waals surface area (Å²) < 4.78 is 5.59. The molecule has 1 fully saturated rings. The molecule has 0 saturated carbocycles. The Morgan fingerprint density at radius 3 is 3.27 bits per heavy atom. The first kappa shape index (κ1) is 10.6. The predicted octanol–water partition coefficient (Wildman–Crippen LogP) is 1.06. The molecule has 4 heteroatoms. The summed E-state index contributed by atoms with van der Waals surface area (Å²) in [6.07, 6.45) is 5.03. The summed E-state index contributed by atoms with van der Waals surface area (Å²) in [5.74, 6) is 1.61. The van der Waals surface area contributed by atoms with E-state index in [-0.39, 0.29) is 12.5 Å². The molecular weight excluding hydrogens is 192 g/mol. The molecule has 2 rings (SSSR count). The minimum absolute atomic E-state index is 0.0442. The molecule has 0 radical (unpaired) electrons. The molecule has 2 unspecified atom stereocenters. The summed E-state index contributed by atoms with van der Waals surface area (Å²) in [5, 5.41) is 12.4. The number of rotatable bonds is 4. The van der Waals surface area contributed by atoms with Gasteiger partial charge in [-0.2, -0.15) is 0 Å². The Balaban J connectivity index is 1.94. The number of nitrogens with one attached hydrogen (secondary N) is 1. The molecule has 0 spiro atoms. The van der Waals surface area contributed by atoms with Gasteiger partial charge in [-0.15, -0.1) is 0 Å². The zero-order chi connectivity index (χ0) is 10.7. The van der Waals surface area contributed by atoms with Crippen LogP contribution in [-0.2, 0) is 6.42 Å². The van der Waals surface area contributed by atoms with Crippen LogP contribution in [0.5, 0.6) is 0 Å². The van der Waals surface area contributed by atoms with Crippen LogP contribution in [0.15, 0.2) is 10.6 Å². The lowest BCUT2D eigenvalue weighted by atomic mass is 10.1. The van der Waals surface area contributed by atoms with Crippen molar-refractivity contribution < 1.29 is 9.52 Å². The molecule has 1 aromatic heterocycles. The van der Waals surface area contributed by atoms with Crippen LogP contribution in [0.25, 0.3) is 0 Å². The van der Waals surface area contributed by atoms with Crippen LogP contribution in [0.2, 0.25) is 0 Å². The van der Waals surface area contributed by atoms with Crippen molar-refractivity contribution in [2.24, 2.45) is 0 Å². The highest BCUT2D eigenvalue weighted by molar-refractivity contribution is 5.01. The first-order chi connectivity index (χ1) is 7.29. The van der Waals surface area contributed by atoms with E-state index < -0.39 is 0 Å². The van der Waals surface area contributed by atoms with Gasteiger partial charge in [-0.05, 0) is 19.4 Å². The van der Waals surface area contributed by atoms with Crippen molar-refractivity contribution in [1.29, 1.82) is 0 Å². The van der Waals surface area contributed by atoms with Gasteiger partial charge in [-0.3, -0.25) is 0 Å². The highest BCUT2D eigenvalue weighted by Gasteiger charge is 2.18. The highest BCUT2D eigenvalue weighted by Crippen LogP contribution is 2.18. The minimum Gasteiger partial charge on any atom is -0.445 e. The quantitative estimate of drug-likeness (QED) is 0.780. The van der Waals surface area contributed by atoms with E-state index in [0.717, 1.165) is 24.6 Å². The average Bonchev–Trinajstić information content (AvgIpc) is 2.88. The Labute approximate surface area is 89.7 Å². The van der Waals surface area contributed by atoms with Gasteiger partial charge in [-0.1, -0.05) is 6.92 Å². The molecular formula is C11H18N2O2. The van der Waals surface area contributed by atoms with E-state index in [9.17, 15) is 0 Å². The standard InChI is InChI=1S/C11H18N2O2/c1-8(7-14)10-6-13-11(15-10)5-9-3-2-4-12-9/h6,8-9,12,14H,2-5,7H2,1H3. The second-order valence-electron chi connectivity index (χ2n) is 4.24. The van der Waals surface area contributed by atoms with Gasteiger partial charge >= 0.3 is 0 Å². The summed E-state index contributed by atoms with van der Waals surface area (Å²) in [5.41, 5.74) is 0. The molecule has 2 heterocycles. The van der Waals surface area contributed by atoms with Crippen molar-refractivity contribution >= 4 is 0 Å². The maximum atomic E-state index is 8.98. The van der Waals surface area contributed by atoms with E-state index in [0.29, 0.717) is 6.04 Å². The smallest absolute Gasteiger partial charge is 0.195 e. The fourth-order valence-electron chi connectivity index (χ4n) is 1.88. The number of aliphatic hydroxyl groups is 1. The van der Waals surface area contributed by atoms with Crippen molar-refractivity contribution in [2.75, 3.05) is 13.2 Å². The van der Waals surface area contributed by atoms with Gasteiger partial charge in [0.05, 0.1) is 12.8 Å². The van der Waals surface area contributed by atoms with Crippen molar-refractivity contribution in [3.05, 3.63) is 17.8 Å². The number of oxazole rings is 1. The molecule has 2 atom stereocenters. The van der Waals surface area contributed by atoms with Crippen LogP contribution in [0.4, 0.5) is 0 Å². The zero-order valence-electron chi connectivity index (χ0n) is 9.07. The van der Waals surface area contributed by atoms with Crippen LogP contribution in [0, 0.1) is 0 Å². The molecule has 1 saturated heterocycles. The van der Waals surface area contributed by atoms with Crippen LogP contribution >= 0.6 is 0 Å². The Morgan fingerprint density at radius 2 is 2.60 bits per heavy atom. The summed E-state index contributed by atoms with van der Waals surface area (Å²) in [4.78, 5) is 4.23. The average molecular weight is 210 g/mol. The Hall–Kier alpha value is -0.870. The van der Waals surface area contributed by atoms with Gasteiger partial charge in [0.2, 0.25) is 0 Å². The van der Waals surface area contributed by atoms with Crippen molar-refractivity contribution in [2.45, 2.75) is 38.1 Å². The summed E-state index contributed by atoms with van der Waals surface area (Å²) >= 11 is 0. The van der Waals surface area contributed by atoms with Gasteiger partial charge in [0.1, 0.15) is 5.76 Å². The molecule has 0 amide bonds. The van der Waals surface area contributed by atoms with Gasteiger partial charge in [0, 0.05) is 18.4 Å². The van der Waals surface area contributed by atoms with Crippen LogP contribution in [0.3, 0.4) is 0 Å². The third kappa shape index (κ3) is 2.58. The number of nitrogens with zero attached hydrogens (tertiary/aromatic N) is 1. The summed E-state index contributed by atoms with van der Waals surface area (Å²) in [6.45, 7) is 3.14. The van der Waals surface area contributed by atoms with Gasteiger partial charge in [0.25, 0.3) is 0 Å². The largest absolute Gasteiger partial charge is 0.445 e. The van der Waals surface area contributed by atoms with Crippen molar-refractivity contribution in [1.82, 2.24) is 10.3 Å². The third-order valence-corrected chi connectivity index (χ3v) is 2.91. The van der Waals surface area contributed by atoms with Gasteiger partial charge in [-0.25, -0.2) is 4.98 Å². The highest BCUT2D eigenvalue weighted by atomic mass is 16.4. The molecule has 0 bridgehead atoms. The van der Waals surface area contributed by atoms with Crippen LogP contribution < -0.4 is 5.32 Å². The number of hydrogen-bond acceptors (Lipinski definition) is 4. The summed E-state index contributed by atoms with van der Waals surface area (Å²) in [6, 6.07) is 0.515.